The number of carbonyl (C=O) groups excluding carboxylic acids is 1. The quantitative estimate of drug-likeness (QED) is 0.533. The highest BCUT2D eigenvalue weighted by molar-refractivity contribution is 5.95. The van der Waals surface area contributed by atoms with Gasteiger partial charge in [0.25, 0.3) is 0 Å². The van der Waals surface area contributed by atoms with Crippen LogP contribution >= 0.6 is 0 Å². The van der Waals surface area contributed by atoms with E-state index >= 15 is 0 Å². The van der Waals surface area contributed by atoms with Crippen LogP contribution in [-0.4, -0.2) is 5.97 Å². The van der Waals surface area contributed by atoms with Crippen LogP contribution < -0.4 is 0 Å². The number of rotatable bonds is 0. The van der Waals surface area contributed by atoms with E-state index in [1.54, 1.807) is 0 Å². The van der Waals surface area contributed by atoms with Crippen molar-refractivity contribution in [2.45, 2.75) is 19.0 Å². The Morgan fingerprint density at radius 1 is 0.944 bits per heavy atom. The van der Waals surface area contributed by atoms with Crippen LogP contribution in [0.5, 0.6) is 0 Å². The SMILES string of the molecule is O=C1OCc2c(C(F)(F)F)ccc(C(F)(F)F)c21. The number of alkyl halides is 6. The second-order valence-electron chi connectivity index (χ2n) is 3.59. The summed E-state index contributed by atoms with van der Waals surface area (Å²) in [6.07, 6.45) is -9.74. The first kappa shape index (κ1) is 12.7. The first-order valence-electron chi connectivity index (χ1n) is 4.60. The number of fused-ring (bicyclic) bond motifs is 1. The summed E-state index contributed by atoms with van der Waals surface area (Å²) in [6, 6.07) is 0.553. The lowest BCUT2D eigenvalue weighted by molar-refractivity contribution is -0.141. The van der Waals surface area contributed by atoms with Crippen molar-refractivity contribution in [2.24, 2.45) is 0 Å². The highest BCUT2D eigenvalue weighted by Crippen LogP contribution is 2.42. The minimum absolute atomic E-state index is 0.244. The molecule has 0 bridgehead atoms. The molecule has 0 spiro atoms. The number of halogens is 6. The smallest absolute Gasteiger partial charge is 0.417 e. The van der Waals surface area contributed by atoms with Gasteiger partial charge in [-0.1, -0.05) is 0 Å². The van der Waals surface area contributed by atoms with Crippen molar-refractivity contribution < 1.29 is 35.9 Å². The van der Waals surface area contributed by atoms with Crippen LogP contribution in [0.2, 0.25) is 0 Å². The summed E-state index contributed by atoms with van der Waals surface area (Å²) in [5.41, 5.74) is -4.50. The number of carbonyl (C=O) groups is 1. The third kappa shape index (κ3) is 1.91. The molecule has 8 heteroatoms. The largest absolute Gasteiger partial charge is 0.457 e. The molecule has 0 atom stereocenters. The Kier molecular flexibility index (Phi) is 2.56. The van der Waals surface area contributed by atoms with E-state index in [9.17, 15) is 31.1 Å². The highest BCUT2D eigenvalue weighted by Gasteiger charge is 2.44. The van der Waals surface area contributed by atoms with Gasteiger partial charge in [-0.3, -0.25) is 0 Å². The maximum atomic E-state index is 12.6. The molecule has 0 aliphatic carbocycles. The summed E-state index contributed by atoms with van der Waals surface area (Å²) in [7, 11) is 0. The van der Waals surface area contributed by atoms with Crippen molar-refractivity contribution in [1.82, 2.24) is 0 Å². The van der Waals surface area contributed by atoms with Crippen LogP contribution in [0.3, 0.4) is 0 Å². The Balaban J connectivity index is 2.72. The lowest BCUT2D eigenvalue weighted by atomic mass is 9.97. The van der Waals surface area contributed by atoms with Crippen molar-refractivity contribution in [3.05, 3.63) is 34.4 Å². The molecule has 98 valence electrons. The van der Waals surface area contributed by atoms with Gasteiger partial charge >= 0.3 is 18.3 Å². The fraction of sp³-hybridized carbons (Fsp3) is 0.300. The zero-order valence-corrected chi connectivity index (χ0v) is 8.45. The second kappa shape index (κ2) is 3.63. The number of benzene rings is 1. The summed E-state index contributed by atoms with van der Waals surface area (Å²) in [4.78, 5) is 11.1. The molecule has 0 saturated heterocycles. The minimum Gasteiger partial charge on any atom is -0.457 e. The summed E-state index contributed by atoms with van der Waals surface area (Å²) in [5.74, 6) is -1.39. The molecule has 0 saturated carbocycles. The topological polar surface area (TPSA) is 26.3 Å². The van der Waals surface area contributed by atoms with Crippen LogP contribution in [0, 0.1) is 0 Å². The van der Waals surface area contributed by atoms with Gasteiger partial charge in [-0.15, -0.1) is 0 Å². The van der Waals surface area contributed by atoms with Crippen molar-refractivity contribution in [1.29, 1.82) is 0 Å². The van der Waals surface area contributed by atoms with Gasteiger partial charge in [0.1, 0.15) is 6.61 Å². The van der Waals surface area contributed by atoms with E-state index < -0.39 is 47.2 Å². The van der Waals surface area contributed by atoms with Gasteiger partial charge in [-0.2, -0.15) is 26.3 Å². The molecule has 18 heavy (non-hydrogen) atoms. The zero-order valence-electron chi connectivity index (χ0n) is 8.45. The Labute approximate surface area is 96.2 Å². The Hall–Kier alpha value is -1.73. The molecule has 0 aromatic heterocycles. The first-order valence-corrected chi connectivity index (χ1v) is 4.60. The maximum Gasteiger partial charge on any atom is 0.417 e. The summed E-state index contributed by atoms with van der Waals surface area (Å²) >= 11 is 0. The number of ether oxygens (including phenoxy) is 1. The number of hydrogen-bond donors (Lipinski definition) is 0. The van der Waals surface area contributed by atoms with Crippen molar-refractivity contribution in [3.63, 3.8) is 0 Å². The number of cyclic esters (lactones) is 1. The molecule has 1 aliphatic heterocycles. The predicted molar refractivity (Wildman–Crippen MR) is 45.6 cm³/mol. The molecular weight excluding hydrogens is 266 g/mol. The third-order valence-electron chi connectivity index (χ3n) is 2.48. The zero-order chi connectivity index (χ0) is 13.7. The van der Waals surface area contributed by atoms with Crippen LogP contribution in [0.25, 0.3) is 0 Å². The molecule has 1 aromatic carbocycles. The fourth-order valence-corrected chi connectivity index (χ4v) is 1.74. The molecule has 0 amide bonds. The van der Waals surface area contributed by atoms with E-state index in [1.165, 1.54) is 0 Å². The minimum atomic E-state index is -4.91. The third-order valence-corrected chi connectivity index (χ3v) is 2.48. The number of hydrogen-bond acceptors (Lipinski definition) is 2. The molecule has 1 aromatic rings. The van der Waals surface area contributed by atoms with Gasteiger partial charge in [0.2, 0.25) is 0 Å². The van der Waals surface area contributed by atoms with E-state index in [2.05, 4.69) is 4.74 Å². The second-order valence-corrected chi connectivity index (χ2v) is 3.59. The average Bonchev–Trinajstić information content (AvgIpc) is 2.57. The van der Waals surface area contributed by atoms with E-state index in [0.717, 1.165) is 0 Å². The van der Waals surface area contributed by atoms with Crippen LogP contribution in [0.4, 0.5) is 26.3 Å². The Morgan fingerprint density at radius 2 is 1.44 bits per heavy atom. The standard InChI is InChI=1S/C10H4F6O2/c11-9(12,13)5-1-2-6(10(14,15)16)7-4(5)3-18-8(7)17/h1-2H,3H2. The van der Waals surface area contributed by atoms with Gasteiger partial charge in [0.15, 0.2) is 0 Å². The average molecular weight is 270 g/mol. The van der Waals surface area contributed by atoms with E-state index in [-0.39, 0.29) is 6.07 Å². The molecule has 0 N–H and O–H groups in total. The van der Waals surface area contributed by atoms with Gasteiger partial charge in [0.05, 0.1) is 16.7 Å². The van der Waals surface area contributed by atoms with Crippen LogP contribution in [-0.2, 0) is 23.7 Å². The molecule has 2 rings (SSSR count). The molecule has 1 aliphatic rings. The van der Waals surface area contributed by atoms with Crippen LogP contribution in [0.1, 0.15) is 27.0 Å². The lowest BCUT2D eigenvalue weighted by Gasteiger charge is -2.14. The van der Waals surface area contributed by atoms with Gasteiger partial charge in [-0.05, 0) is 12.1 Å². The van der Waals surface area contributed by atoms with Crippen molar-refractivity contribution in [3.8, 4) is 0 Å². The summed E-state index contributed by atoms with van der Waals surface area (Å²) in [5, 5.41) is 0. The van der Waals surface area contributed by atoms with E-state index in [4.69, 9.17) is 0 Å². The normalized spacial score (nSPS) is 15.6. The monoisotopic (exact) mass is 270 g/mol. The Bertz CT molecular complexity index is 514. The summed E-state index contributed by atoms with van der Waals surface area (Å²) < 4.78 is 79.6. The molecule has 0 unspecified atom stereocenters. The number of esters is 1. The first-order chi connectivity index (χ1) is 8.12. The molecule has 2 nitrogen and oxygen atoms in total. The van der Waals surface area contributed by atoms with E-state index in [0.29, 0.717) is 6.07 Å². The summed E-state index contributed by atoms with van der Waals surface area (Å²) in [6.45, 7) is -0.799. The molecule has 0 fully saturated rings. The lowest BCUT2D eigenvalue weighted by Crippen LogP contribution is -2.15. The molecule has 0 radical (unpaired) electrons. The van der Waals surface area contributed by atoms with Gasteiger partial charge in [0, 0.05) is 5.56 Å². The molecular formula is C10H4F6O2. The van der Waals surface area contributed by atoms with Crippen molar-refractivity contribution in [2.75, 3.05) is 0 Å². The molecule has 1 heterocycles. The highest BCUT2D eigenvalue weighted by atomic mass is 19.4. The fourth-order valence-electron chi connectivity index (χ4n) is 1.74. The van der Waals surface area contributed by atoms with E-state index in [1.807, 2.05) is 0 Å². The van der Waals surface area contributed by atoms with Gasteiger partial charge in [-0.25, -0.2) is 4.79 Å². The Morgan fingerprint density at radius 3 is 1.94 bits per heavy atom. The van der Waals surface area contributed by atoms with Crippen LogP contribution in [0.15, 0.2) is 12.1 Å². The van der Waals surface area contributed by atoms with Crippen molar-refractivity contribution >= 4 is 5.97 Å². The van der Waals surface area contributed by atoms with Gasteiger partial charge < -0.3 is 4.74 Å². The predicted octanol–water partition coefficient (Wildman–Crippen LogP) is 3.39. The maximum absolute atomic E-state index is 12.6.